The summed E-state index contributed by atoms with van der Waals surface area (Å²) in [5.74, 6) is 0.930. The summed E-state index contributed by atoms with van der Waals surface area (Å²) in [7, 11) is 0. The number of carbonyl (C=O) groups is 1. The van der Waals surface area contributed by atoms with Gasteiger partial charge in [0, 0.05) is 6.42 Å². The van der Waals surface area contributed by atoms with Crippen LogP contribution in [0.1, 0.15) is 44.8 Å². The number of benzene rings is 1. The zero-order valence-corrected chi connectivity index (χ0v) is 14.3. The summed E-state index contributed by atoms with van der Waals surface area (Å²) in [5, 5.41) is 3.38. The Balaban J connectivity index is 1.63. The molecule has 1 amide bonds. The van der Waals surface area contributed by atoms with Gasteiger partial charge in [-0.2, -0.15) is 0 Å². The fourth-order valence-electron chi connectivity index (χ4n) is 3.58. The lowest BCUT2D eigenvalue weighted by molar-refractivity contribution is -0.155. The third-order valence-corrected chi connectivity index (χ3v) is 5.12. The molecule has 1 aromatic rings. The first kappa shape index (κ1) is 16.5. The van der Waals surface area contributed by atoms with Crippen molar-refractivity contribution in [1.82, 2.24) is 10.2 Å². The third kappa shape index (κ3) is 3.93. The van der Waals surface area contributed by atoms with Gasteiger partial charge < -0.3 is 15.0 Å². The summed E-state index contributed by atoms with van der Waals surface area (Å²) in [4.78, 5) is 14.8. The SMILES string of the molecule is CC1(C)COC(c2ccccc2)CN1C(=O)CCC1CCNC1. The molecule has 0 aliphatic carbocycles. The van der Waals surface area contributed by atoms with Crippen molar-refractivity contribution in [3.05, 3.63) is 35.9 Å². The molecule has 0 aromatic heterocycles. The zero-order chi connectivity index (χ0) is 16.3. The molecule has 0 spiro atoms. The summed E-state index contributed by atoms with van der Waals surface area (Å²) in [6, 6.07) is 10.2. The minimum Gasteiger partial charge on any atom is -0.369 e. The van der Waals surface area contributed by atoms with E-state index in [0.717, 1.165) is 25.1 Å². The average Bonchev–Trinajstić information content (AvgIpc) is 3.07. The number of hydrogen-bond donors (Lipinski definition) is 1. The first-order valence-corrected chi connectivity index (χ1v) is 8.74. The molecule has 2 fully saturated rings. The van der Waals surface area contributed by atoms with E-state index in [2.05, 4.69) is 31.3 Å². The highest BCUT2D eigenvalue weighted by Gasteiger charge is 2.38. The molecule has 0 bridgehead atoms. The van der Waals surface area contributed by atoms with Crippen LogP contribution < -0.4 is 5.32 Å². The second-order valence-electron chi connectivity index (χ2n) is 7.42. The minimum absolute atomic E-state index is 0.0127. The first-order chi connectivity index (χ1) is 11.1. The number of rotatable bonds is 4. The average molecular weight is 316 g/mol. The number of nitrogens with one attached hydrogen (secondary N) is 1. The highest BCUT2D eigenvalue weighted by molar-refractivity contribution is 5.77. The Bertz CT molecular complexity index is 523. The van der Waals surface area contributed by atoms with Crippen LogP contribution in [0.15, 0.2) is 30.3 Å². The van der Waals surface area contributed by atoms with Gasteiger partial charge in [0.05, 0.1) is 18.7 Å². The fourth-order valence-corrected chi connectivity index (χ4v) is 3.58. The molecule has 0 radical (unpaired) electrons. The fraction of sp³-hybridized carbons (Fsp3) is 0.632. The molecule has 4 heteroatoms. The Morgan fingerprint density at radius 2 is 2.13 bits per heavy atom. The minimum atomic E-state index is -0.226. The van der Waals surface area contributed by atoms with Crippen molar-refractivity contribution in [3.63, 3.8) is 0 Å². The molecular weight excluding hydrogens is 288 g/mol. The van der Waals surface area contributed by atoms with Crippen LogP contribution in [0.25, 0.3) is 0 Å². The van der Waals surface area contributed by atoms with E-state index in [9.17, 15) is 4.79 Å². The molecule has 2 aliphatic rings. The number of carbonyl (C=O) groups excluding carboxylic acids is 1. The topological polar surface area (TPSA) is 41.6 Å². The van der Waals surface area contributed by atoms with E-state index in [-0.39, 0.29) is 17.6 Å². The maximum Gasteiger partial charge on any atom is 0.223 e. The molecule has 23 heavy (non-hydrogen) atoms. The zero-order valence-electron chi connectivity index (χ0n) is 14.3. The van der Waals surface area contributed by atoms with Gasteiger partial charge in [0.15, 0.2) is 0 Å². The van der Waals surface area contributed by atoms with Gasteiger partial charge in [-0.25, -0.2) is 0 Å². The molecule has 0 saturated carbocycles. The van der Waals surface area contributed by atoms with Gasteiger partial charge in [-0.3, -0.25) is 4.79 Å². The van der Waals surface area contributed by atoms with E-state index in [1.165, 1.54) is 6.42 Å². The lowest BCUT2D eigenvalue weighted by atomic mass is 9.96. The molecular formula is C19H28N2O2. The lowest BCUT2D eigenvalue weighted by Crippen LogP contribution is -2.56. The highest BCUT2D eigenvalue weighted by Crippen LogP contribution is 2.31. The molecule has 2 atom stereocenters. The summed E-state index contributed by atoms with van der Waals surface area (Å²) in [6.45, 7) is 7.60. The van der Waals surface area contributed by atoms with Gasteiger partial charge in [-0.15, -0.1) is 0 Å². The molecule has 126 valence electrons. The Hall–Kier alpha value is -1.39. The Kier molecular flexibility index (Phi) is 5.02. The third-order valence-electron chi connectivity index (χ3n) is 5.12. The highest BCUT2D eigenvalue weighted by atomic mass is 16.5. The van der Waals surface area contributed by atoms with Gasteiger partial charge in [0.2, 0.25) is 5.91 Å². The Labute approximate surface area is 139 Å². The maximum atomic E-state index is 12.8. The smallest absolute Gasteiger partial charge is 0.223 e. The second kappa shape index (κ2) is 7.02. The van der Waals surface area contributed by atoms with E-state index in [0.29, 0.717) is 25.5 Å². The normalized spacial score (nSPS) is 27.1. The predicted octanol–water partition coefficient (Wildman–Crippen LogP) is 2.75. The molecule has 1 aromatic carbocycles. The van der Waals surface area contributed by atoms with Crippen LogP contribution in [0.5, 0.6) is 0 Å². The number of morpholine rings is 1. The predicted molar refractivity (Wildman–Crippen MR) is 91.1 cm³/mol. The Morgan fingerprint density at radius 3 is 2.83 bits per heavy atom. The van der Waals surface area contributed by atoms with Crippen molar-refractivity contribution < 1.29 is 9.53 Å². The summed E-state index contributed by atoms with van der Waals surface area (Å²) >= 11 is 0. The van der Waals surface area contributed by atoms with Crippen LogP contribution in [-0.4, -0.2) is 42.6 Å². The van der Waals surface area contributed by atoms with Crippen LogP contribution in [0.4, 0.5) is 0 Å². The molecule has 3 rings (SSSR count). The van der Waals surface area contributed by atoms with E-state index in [1.54, 1.807) is 0 Å². The van der Waals surface area contributed by atoms with Crippen molar-refractivity contribution >= 4 is 5.91 Å². The van der Waals surface area contributed by atoms with E-state index < -0.39 is 0 Å². The van der Waals surface area contributed by atoms with E-state index in [1.807, 2.05) is 23.1 Å². The summed E-state index contributed by atoms with van der Waals surface area (Å²) in [5.41, 5.74) is 0.928. The van der Waals surface area contributed by atoms with Crippen molar-refractivity contribution in [2.45, 2.75) is 44.8 Å². The maximum absolute atomic E-state index is 12.8. The van der Waals surface area contributed by atoms with Gasteiger partial charge in [0.25, 0.3) is 0 Å². The molecule has 2 saturated heterocycles. The van der Waals surface area contributed by atoms with Crippen molar-refractivity contribution in [1.29, 1.82) is 0 Å². The number of ether oxygens (including phenoxy) is 1. The van der Waals surface area contributed by atoms with Gasteiger partial charge in [-0.1, -0.05) is 30.3 Å². The summed E-state index contributed by atoms with van der Waals surface area (Å²) in [6.07, 6.45) is 2.83. The van der Waals surface area contributed by atoms with E-state index >= 15 is 0 Å². The largest absolute Gasteiger partial charge is 0.369 e. The van der Waals surface area contributed by atoms with E-state index in [4.69, 9.17) is 4.74 Å². The molecule has 2 unspecified atom stereocenters. The van der Waals surface area contributed by atoms with Crippen LogP contribution >= 0.6 is 0 Å². The number of nitrogens with zero attached hydrogens (tertiary/aromatic N) is 1. The van der Waals surface area contributed by atoms with Gasteiger partial charge in [-0.05, 0) is 51.3 Å². The van der Waals surface area contributed by atoms with Crippen molar-refractivity contribution in [2.75, 3.05) is 26.2 Å². The van der Waals surface area contributed by atoms with Crippen molar-refractivity contribution in [2.24, 2.45) is 5.92 Å². The molecule has 2 aliphatic heterocycles. The number of hydrogen-bond acceptors (Lipinski definition) is 3. The Morgan fingerprint density at radius 1 is 1.35 bits per heavy atom. The van der Waals surface area contributed by atoms with Gasteiger partial charge in [0.1, 0.15) is 6.10 Å². The standard InChI is InChI=1S/C19H28N2O2/c1-19(2)14-23-17(16-6-4-3-5-7-16)13-21(19)18(22)9-8-15-10-11-20-12-15/h3-7,15,17,20H,8-14H2,1-2H3. The first-order valence-electron chi connectivity index (χ1n) is 8.74. The lowest BCUT2D eigenvalue weighted by Gasteiger charge is -2.45. The van der Waals surface area contributed by atoms with Crippen molar-refractivity contribution in [3.8, 4) is 0 Å². The second-order valence-corrected chi connectivity index (χ2v) is 7.42. The summed E-state index contributed by atoms with van der Waals surface area (Å²) < 4.78 is 6.03. The quantitative estimate of drug-likeness (QED) is 0.929. The van der Waals surface area contributed by atoms with Crippen LogP contribution in [0, 0.1) is 5.92 Å². The molecule has 1 N–H and O–H groups in total. The molecule has 2 heterocycles. The van der Waals surface area contributed by atoms with Crippen LogP contribution in [-0.2, 0) is 9.53 Å². The van der Waals surface area contributed by atoms with Crippen LogP contribution in [0.3, 0.4) is 0 Å². The number of amides is 1. The monoisotopic (exact) mass is 316 g/mol. The van der Waals surface area contributed by atoms with Gasteiger partial charge >= 0.3 is 0 Å². The van der Waals surface area contributed by atoms with Crippen LogP contribution in [0.2, 0.25) is 0 Å². The molecule has 4 nitrogen and oxygen atoms in total.